The molecule has 2 N–H and O–H groups in total. The second kappa shape index (κ2) is 11.1. The number of hydrogen-bond donors (Lipinski definition) is 2. The van der Waals surface area contributed by atoms with Gasteiger partial charge in [0.15, 0.2) is 0 Å². The van der Waals surface area contributed by atoms with Crippen LogP contribution >= 0.6 is 0 Å². The molecule has 4 heteroatoms. The van der Waals surface area contributed by atoms with Crippen molar-refractivity contribution >= 4 is 14.2 Å². The Morgan fingerprint density at radius 3 is 1.67 bits per heavy atom. The Morgan fingerprint density at radius 2 is 1.28 bits per heavy atom. The second-order valence-corrected chi connectivity index (χ2v) is 9.27. The van der Waals surface area contributed by atoms with Gasteiger partial charge in [-0.2, -0.15) is 0 Å². The number of rotatable bonds is 12. The summed E-state index contributed by atoms with van der Waals surface area (Å²) in [7, 11) is 0. The van der Waals surface area contributed by atoms with E-state index >= 15 is 0 Å². The monoisotopic (exact) mass is 322 g/mol. The van der Waals surface area contributed by atoms with Crippen LogP contribution in [0.4, 0.5) is 0 Å². The van der Waals surface area contributed by atoms with Crippen molar-refractivity contribution in [3.8, 4) is 0 Å². The molecule has 1 unspecified atom stereocenters. The van der Waals surface area contributed by atoms with E-state index in [1.165, 1.54) is 44.9 Å². The van der Waals surface area contributed by atoms with Gasteiger partial charge in [0.1, 0.15) is 0 Å². The first kappa shape index (κ1) is 18.3. The van der Waals surface area contributed by atoms with Gasteiger partial charge < -0.3 is 0 Å². The molecule has 0 spiro atoms. The first-order valence-electron chi connectivity index (χ1n) is 7.57. The van der Waals surface area contributed by atoms with Gasteiger partial charge in [-0.15, -0.1) is 0 Å². The molecule has 18 heavy (non-hydrogen) atoms. The molecule has 0 bridgehead atoms. The predicted molar refractivity (Wildman–Crippen MR) is 76.8 cm³/mol. The molecule has 0 aromatic carbocycles. The molecule has 3 nitrogen and oxygen atoms in total. The first-order chi connectivity index (χ1) is 8.52. The molecule has 0 aliphatic heterocycles. The van der Waals surface area contributed by atoms with Crippen molar-refractivity contribution in [1.82, 2.24) is 0 Å². The van der Waals surface area contributed by atoms with Crippen LogP contribution < -0.4 is 0 Å². The van der Waals surface area contributed by atoms with Crippen LogP contribution in [-0.2, 0) is 3.74 Å². The summed E-state index contributed by atoms with van der Waals surface area (Å²) in [5.41, 5.74) is 0. The molecule has 0 aliphatic carbocycles. The first-order valence-corrected chi connectivity index (χ1v) is 11.1. The van der Waals surface area contributed by atoms with Gasteiger partial charge >= 0.3 is 115 Å². The van der Waals surface area contributed by atoms with Gasteiger partial charge in [0, 0.05) is 0 Å². The van der Waals surface area contributed by atoms with Gasteiger partial charge in [0.05, 0.1) is 0 Å². The van der Waals surface area contributed by atoms with Crippen LogP contribution in [0.3, 0.4) is 0 Å². The molecular weight excluding hydrogens is 291 g/mol. The van der Waals surface area contributed by atoms with Crippen molar-refractivity contribution in [2.24, 2.45) is 0 Å². The van der Waals surface area contributed by atoms with Crippen LogP contribution in [0.2, 0.25) is 4.71 Å². The maximum absolute atomic E-state index is 11.2. The molecule has 1 atom stereocenters. The Bertz CT molecular complexity index is 225. The van der Waals surface area contributed by atoms with Gasteiger partial charge in [-0.1, -0.05) is 0 Å². The minimum atomic E-state index is -4.46. The summed E-state index contributed by atoms with van der Waals surface area (Å²) in [5.74, 6) is 0. The summed E-state index contributed by atoms with van der Waals surface area (Å²) >= 11 is -4.46. The quantitative estimate of drug-likeness (QED) is 0.421. The summed E-state index contributed by atoms with van der Waals surface area (Å²) in [6, 6.07) is 0. The molecule has 0 heterocycles. The fraction of sp³-hybridized carbons (Fsp3) is 1.00. The number of hydrogen-bond acceptors (Lipinski definition) is 1. The fourth-order valence-electron chi connectivity index (χ4n) is 2.30. The summed E-state index contributed by atoms with van der Waals surface area (Å²) in [4.78, 5) is 0. The van der Waals surface area contributed by atoms with Crippen molar-refractivity contribution in [3.63, 3.8) is 0 Å². The van der Waals surface area contributed by atoms with Gasteiger partial charge in [-0.25, -0.2) is 0 Å². The van der Waals surface area contributed by atoms with Crippen molar-refractivity contribution in [2.45, 2.75) is 89.2 Å². The van der Waals surface area contributed by atoms with Gasteiger partial charge in [-0.05, 0) is 0 Å². The zero-order valence-corrected chi connectivity index (χ0v) is 14.0. The molecule has 0 saturated carbocycles. The van der Waals surface area contributed by atoms with Gasteiger partial charge in [0.2, 0.25) is 0 Å². The average molecular weight is 322 g/mol. The third-order valence-corrected chi connectivity index (χ3v) is 6.89. The van der Waals surface area contributed by atoms with Crippen LogP contribution in [0.25, 0.3) is 0 Å². The summed E-state index contributed by atoms with van der Waals surface area (Å²) in [6.45, 7) is 4.10. The topological polar surface area (TPSA) is 57.5 Å². The third kappa shape index (κ3) is 10.2. The van der Waals surface area contributed by atoms with Gasteiger partial charge in [0.25, 0.3) is 0 Å². The van der Waals surface area contributed by atoms with E-state index in [2.05, 4.69) is 6.92 Å². The van der Waals surface area contributed by atoms with E-state index in [0.29, 0.717) is 12.8 Å². The minimum absolute atomic E-state index is 0.354. The summed E-state index contributed by atoms with van der Waals surface area (Å²) in [6.07, 6.45) is 12.6. The Kier molecular flexibility index (Phi) is 11.3. The Morgan fingerprint density at radius 1 is 0.833 bits per heavy atom. The normalized spacial score (nSPS) is 13.8. The molecule has 110 valence electrons. The zero-order chi connectivity index (χ0) is 13.9. The van der Waals surface area contributed by atoms with Crippen molar-refractivity contribution in [1.29, 1.82) is 0 Å². The average Bonchev–Trinajstić information content (AvgIpc) is 2.30. The van der Waals surface area contributed by atoms with E-state index in [9.17, 15) is 11.9 Å². The molecule has 0 aliphatic rings. The predicted octanol–water partition coefficient (Wildman–Crippen LogP) is 4.04. The van der Waals surface area contributed by atoms with E-state index in [0.717, 1.165) is 12.8 Å². The Labute approximate surface area is 115 Å². The van der Waals surface area contributed by atoms with Crippen molar-refractivity contribution in [2.75, 3.05) is 0 Å². The summed E-state index contributed by atoms with van der Waals surface area (Å²) < 4.78 is 29.2. The van der Waals surface area contributed by atoms with E-state index < -0.39 is 14.2 Å². The molecule has 0 aromatic rings. The van der Waals surface area contributed by atoms with Crippen molar-refractivity contribution in [3.05, 3.63) is 0 Å². The van der Waals surface area contributed by atoms with Crippen LogP contribution in [0.15, 0.2) is 0 Å². The number of unbranched alkanes of at least 4 members (excludes halogenated alkanes) is 8. The van der Waals surface area contributed by atoms with Crippen LogP contribution in [0, 0.1) is 0 Å². The van der Waals surface area contributed by atoms with Crippen LogP contribution in [-0.4, -0.2) is 22.4 Å². The molecule has 0 amide bonds. The van der Waals surface area contributed by atoms with Crippen LogP contribution in [0.5, 0.6) is 0 Å². The van der Waals surface area contributed by atoms with E-state index in [1.807, 2.05) is 6.92 Å². The van der Waals surface area contributed by atoms with Gasteiger partial charge in [-0.3, -0.25) is 0 Å². The molecular formula is C14H31AsO3. The van der Waals surface area contributed by atoms with E-state index in [4.69, 9.17) is 0 Å². The second-order valence-electron chi connectivity index (χ2n) is 5.27. The molecule has 0 radical (unpaired) electrons. The standard InChI is InChI=1S/C14H31AsO3/c1-3-5-6-7-8-9-10-11-12-13-14(4-2)15(16,17)18/h14H,3-13H2,1-2H3,(H2,16,17,18). The molecule has 0 aromatic heterocycles. The van der Waals surface area contributed by atoms with Crippen molar-refractivity contribution < 1.29 is 11.9 Å². The zero-order valence-electron chi connectivity index (χ0n) is 12.1. The molecule has 0 saturated heterocycles. The maximum atomic E-state index is 11.2. The summed E-state index contributed by atoms with van der Waals surface area (Å²) in [5, 5.41) is 0. The molecule has 0 fully saturated rings. The molecule has 0 rings (SSSR count). The van der Waals surface area contributed by atoms with E-state index in [-0.39, 0.29) is 4.71 Å². The Balaban J connectivity index is 3.37. The van der Waals surface area contributed by atoms with Crippen LogP contribution in [0.1, 0.15) is 84.5 Å². The third-order valence-electron chi connectivity index (χ3n) is 3.59. The van der Waals surface area contributed by atoms with E-state index in [1.54, 1.807) is 0 Å². The fourth-order valence-corrected chi connectivity index (χ4v) is 4.39. The SMILES string of the molecule is CCCCCCCCCCCC(CC)[As](=O)(O)O. The Hall–Kier alpha value is 0.278.